The summed E-state index contributed by atoms with van der Waals surface area (Å²) in [6.07, 6.45) is 7.57. The van der Waals surface area contributed by atoms with E-state index in [1.54, 1.807) is 0 Å². The van der Waals surface area contributed by atoms with Gasteiger partial charge >= 0.3 is 0 Å². The summed E-state index contributed by atoms with van der Waals surface area (Å²) in [7, 11) is 0. The van der Waals surface area contributed by atoms with Crippen LogP contribution in [0.5, 0.6) is 0 Å². The van der Waals surface area contributed by atoms with Crippen molar-refractivity contribution in [2.75, 3.05) is 5.32 Å². The highest BCUT2D eigenvalue weighted by molar-refractivity contribution is 5.88. The fourth-order valence-corrected chi connectivity index (χ4v) is 3.34. The molecule has 0 saturated heterocycles. The zero-order valence-corrected chi connectivity index (χ0v) is 12.4. The third-order valence-electron chi connectivity index (χ3n) is 4.52. The van der Waals surface area contributed by atoms with Crippen LogP contribution in [-0.4, -0.2) is 11.4 Å². The first kappa shape index (κ1) is 14.9. The molecule has 1 aliphatic rings. The van der Waals surface area contributed by atoms with E-state index in [0.717, 1.165) is 37.3 Å². The number of nitrogens with two attached hydrogens (primary N) is 1. The summed E-state index contributed by atoms with van der Waals surface area (Å²) in [5.74, 6) is 0.539. The summed E-state index contributed by atoms with van der Waals surface area (Å²) in [6.45, 7) is 2.23. The van der Waals surface area contributed by atoms with E-state index >= 15 is 0 Å². The molecule has 3 nitrogen and oxygen atoms in total. The molecule has 20 heavy (non-hydrogen) atoms. The highest BCUT2D eigenvalue weighted by Gasteiger charge is 2.38. The maximum absolute atomic E-state index is 12.1. The van der Waals surface area contributed by atoms with Gasteiger partial charge in [0.15, 0.2) is 0 Å². The van der Waals surface area contributed by atoms with Crippen LogP contribution in [0.2, 0.25) is 0 Å². The lowest BCUT2D eigenvalue weighted by Crippen LogP contribution is -2.50. The van der Waals surface area contributed by atoms with E-state index in [4.69, 9.17) is 5.73 Å². The number of carbonyl (C=O) groups is 1. The van der Waals surface area contributed by atoms with Crippen LogP contribution in [0.25, 0.3) is 0 Å². The fraction of sp³-hybridized carbons (Fsp3) is 0.588. The lowest BCUT2D eigenvalue weighted by molar-refractivity contribution is -0.122. The first-order valence-corrected chi connectivity index (χ1v) is 7.79. The van der Waals surface area contributed by atoms with Gasteiger partial charge in [-0.25, -0.2) is 0 Å². The molecule has 2 atom stereocenters. The maximum Gasteiger partial charge on any atom is 0.243 e. The van der Waals surface area contributed by atoms with E-state index in [1.807, 2.05) is 30.3 Å². The quantitative estimate of drug-likeness (QED) is 0.804. The largest absolute Gasteiger partial charge is 0.371 e. The van der Waals surface area contributed by atoms with Gasteiger partial charge in [-0.15, -0.1) is 0 Å². The Hall–Kier alpha value is -1.51. The molecule has 2 rings (SSSR count). The number of primary amides is 1. The first-order valence-electron chi connectivity index (χ1n) is 7.79. The summed E-state index contributed by atoms with van der Waals surface area (Å²) in [6, 6.07) is 9.94. The second kappa shape index (κ2) is 6.78. The third-order valence-corrected chi connectivity index (χ3v) is 4.52. The standard InChI is InChI=1S/C17H26N2O/c1-2-7-14-8-6-12-17(13-11-14,16(18)20)19-15-9-4-3-5-10-15/h3-5,9-10,14,19H,2,6-8,11-13H2,1H3,(H2,18,20). The number of benzene rings is 1. The molecule has 0 radical (unpaired) electrons. The number of carbonyl (C=O) groups excluding carboxylic acids is 1. The predicted octanol–water partition coefficient (Wildman–Crippen LogP) is 3.70. The second-order valence-corrected chi connectivity index (χ2v) is 6.02. The van der Waals surface area contributed by atoms with E-state index < -0.39 is 5.54 Å². The molecule has 1 fully saturated rings. The first-order chi connectivity index (χ1) is 9.66. The maximum atomic E-state index is 12.1. The molecule has 0 spiro atoms. The van der Waals surface area contributed by atoms with Crippen molar-refractivity contribution in [3.8, 4) is 0 Å². The number of anilines is 1. The fourth-order valence-electron chi connectivity index (χ4n) is 3.34. The molecule has 0 aliphatic heterocycles. The van der Waals surface area contributed by atoms with Gasteiger partial charge in [0.05, 0.1) is 0 Å². The smallest absolute Gasteiger partial charge is 0.243 e. The number of nitrogens with one attached hydrogen (secondary N) is 1. The van der Waals surface area contributed by atoms with Gasteiger partial charge in [-0.3, -0.25) is 4.79 Å². The Balaban J connectivity index is 2.12. The van der Waals surface area contributed by atoms with Crippen LogP contribution in [-0.2, 0) is 4.79 Å². The molecule has 3 N–H and O–H groups in total. The van der Waals surface area contributed by atoms with Gasteiger partial charge in [-0.2, -0.15) is 0 Å². The van der Waals surface area contributed by atoms with Gasteiger partial charge in [-0.1, -0.05) is 50.8 Å². The number of para-hydroxylation sites is 1. The van der Waals surface area contributed by atoms with Crippen molar-refractivity contribution >= 4 is 11.6 Å². The average molecular weight is 274 g/mol. The van der Waals surface area contributed by atoms with Crippen LogP contribution in [0, 0.1) is 5.92 Å². The van der Waals surface area contributed by atoms with E-state index in [9.17, 15) is 4.79 Å². The topological polar surface area (TPSA) is 55.1 Å². The molecule has 0 aromatic heterocycles. The van der Waals surface area contributed by atoms with Gasteiger partial charge in [0.2, 0.25) is 5.91 Å². The highest BCUT2D eigenvalue weighted by atomic mass is 16.1. The van der Waals surface area contributed by atoms with Gasteiger partial charge in [0.25, 0.3) is 0 Å². The molecular weight excluding hydrogens is 248 g/mol. The van der Waals surface area contributed by atoms with Crippen molar-refractivity contribution < 1.29 is 4.79 Å². The van der Waals surface area contributed by atoms with Crippen molar-refractivity contribution in [1.82, 2.24) is 0 Å². The summed E-state index contributed by atoms with van der Waals surface area (Å²) in [5.41, 5.74) is 6.16. The molecule has 2 unspecified atom stereocenters. The van der Waals surface area contributed by atoms with Crippen LogP contribution < -0.4 is 11.1 Å². The Kier molecular flexibility index (Phi) is 5.05. The van der Waals surface area contributed by atoms with Crippen molar-refractivity contribution in [3.05, 3.63) is 30.3 Å². The highest BCUT2D eigenvalue weighted by Crippen LogP contribution is 2.34. The van der Waals surface area contributed by atoms with Gasteiger partial charge in [-0.05, 0) is 37.3 Å². The van der Waals surface area contributed by atoms with Crippen LogP contribution in [0.3, 0.4) is 0 Å². The molecule has 1 aromatic carbocycles. The summed E-state index contributed by atoms with van der Waals surface area (Å²) in [4.78, 5) is 12.1. The summed E-state index contributed by atoms with van der Waals surface area (Å²) >= 11 is 0. The van der Waals surface area contributed by atoms with Crippen LogP contribution in [0.1, 0.15) is 51.9 Å². The van der Waals surface area contributed by atoms with Crippen LogP contribution in [0.15, 0.2) is 30.3 Å². The van der Waals surface area contributed by atoms with E-state index in [-0.39, 0.29) is 5.91 Å². The Morgan fingerprint density at radius 3 is 2.70 bits per heavy atom. The van der Waals surface area contributed by atoms with E-state index in [1.165, 1.54) is 19.3 Å². The third kappa shape index (κ3) is 3.53. The molecule has 1 aromatic rings. The molecule has 110 valence electrons. The Morgan fingerprint density at radius 1 is 1.30 bits per heavy atom. The van der Waals surface area contributed by atoms with E-state index in [2.05, 4.69) is 12.2 Å². The number of hydrogen-bond acceptors (Lipinski definition) is 2. The van der Waals surface area contributed by atoms with Crippen molar-refractivity contribution in [3.63, 3.8) is 0 Å². The van der Waals surface area contributed by atoms with Crippen molar-refractivity contribution in [1.29, 1.82) is 0 Å². The Labute approximate surface area is 121 Å². The van der Waals surface area contributed by atoms with Gasteiger partial charge in [0.1, 0.15) is 5.54 Å². The second-order valence-electron chi connectivity index (χ2n) is 6.02. The number of rotatable bonds is 5. The molecule has 1 aliphatic carbocycles. The monoisotopic (exact) mass is 274 g/mol. The zero-order valence-electron chi connectivity index (χ0n) is 12.4. The van der Waals surface area contributed by atoms with Crippen molar-refractivity contribution in [2.45, 2.75) is 57.4 Å². The molecule has 1 saturated carbocycles. The lowest BCUT2D eigenvalue weighted by atomic mass is 9.88. The van der Waals surface area contributed by atoms with Gasteiger partial charge in [0, 0.05) is 5.69 Å². The van der Waals surface area contributed by atoms with Gasteiger partial charge < -0.3 is 11.1 Å². The Bertz CT molecular complexity index is 432. The molecule has 0 bridgehead atoms. The SMILES string of the molecule is CCCC1CCCC(Nc2ccccc2)(C(N)=O)CC1. The van der Waals surface area contributed by atoms with E-state index in [0.29, 0.717) is 0 Å². The molecule has 0 heterocycles. The zero-order chi connectivity index (χ0) is 14.4. The summed E-state index contributed by atoms with van der Waals surface area (Å²) < 4.78 is 0. The molecule has 3 heteroatoms. The normalized spacial score (nSPS) is 26.8. The summed E-state index contributed by atoms with van der Waals surface area (Å²) in [5, 5.41) is 3.42. The van der Waals surface area contributed by atoms with Crippen LogP contribution >= 0.6 is 0 Å². The molecule has 1 amide bonds. The lowest BCUT2D eigenvalue weighted by Gasteiger charge is -2.31. The van der Waals surface area contributed by atoms with Crippen molar-refractivity contribution in [2.24, 2.45) is 11.7 Å². The number of hydrogen-bond donors (Lipinski definition) is 2. The minimum absolute atomic E-state index is 0.210. The molecular formula is C17H26N2O. The minimum atomic E-state index is -0.566. The average Bonchev–Trinajstić information content (AvgIpc) is 2.64. The Morgan fingerprint density at radius 2 is 2.05 bits per heavy atom. The predicted molar refractivity (Wildman–Crippen MR) is 83.5 cm³/mol. The van der Waals surface area contributed by atoms with Crippen LogP contribution in [0.4, 0.5) is 5.69 Å². The minimum Gasteiger partial charge on any atom is -0.371 e. The number of amides is 1.